The topological polar surface area (TPSA) is 53.1 Å². The predicted octanol–water partition coefficient (Wildman–Crippen LogP) is 1.00. The van der Waals surface area contributed by atoms with E-state index in [1.165, 1.54) is 12.8 Å². The van der Waals surface area contributed by atoms with Gasteiger partial charge in [-0.15, -0.1) is 0 Å². The lowest BCUT2D eigenvalue weighted by atomic mass is 10.2. The van der Waals surface area contributed by atoms with E-state index in [0.717, 1.165) is 13.0 Å². The highest BCUT2D eigenvalue weighted by Crippen LogP contribution is 1.94. The molecule has 0 aliphatic heterocycles. The molecular weight excluding hydrogens is 126 g/mol. The number of unbranched alkanes of at least 4 members (excludes halogenated alkanes) is 2. The number of guanidine groups is 1. The number of rotatable bonds is 4. The number of nitrogens with two attached hydrogens (primary N) is 1. The van der Waals surface area contributed by atoms with Gasteiger partial charge in [-0.1, -0.05) is 19.8 Å². The standard InChI is InChI=1S/C7H17N3/c1-3-4-5-6-10(2)7(8)9/h3-6H2,1-2H3,(H3,8,9). The van der Waals surface area contributed by atoms with E-state index in [-0.39, 0.29) is 5.96 Å². The maximum absolute atomic E-state index is 7.04. The molecule has 0 rings (SSSR count). The van der Waals surface area contributed by atoms with E-state index in [9.17, 15) is 0 Å². The third-order valence-electron chi connectivity index (χ3n) is 1.51. The molecule has 0 aromatic carbocycles. The van der Waals surface area contributed by atoms with Gasteiger partial charge in [-0.25, -0.2) is 0 Å². The molecule has 3 heteroatoms. The first-order valence-corrected chi connectivity index (χ1v) is 3.73. The van der Waals surface area contributed by atoms with Gasteiger partial charge in [0.2, 0.25) is 0 Å². The third-order valence-corrected chi connectivity index (χ3v) is 1.51. The third kappa shape index (κ3) is 4.18. The van der Waals surface area contributed by atoms with E-state index in [2.05, 4.69) is 6.92 Å². The van der Waals surface area contributed by atoms with Crippen LogP contribution >= 0.6 is 0 Å². The van der Waals surface area contributed by atoms with E-state index in [4.69, 9.17) is 11.1 Å². The molecule has 0 heterocycles. The van der Waals surface area contributed by atoms with Crippen LogP contribution in [0.5, 0.6) is 0 Å². The molecule has 3 N–H and O–H groups in total. The van der Waals surface area contributed by atoms with Crippen LogP contribution in [0.4, 0.5) is 0 Å². The minimum absolute atomic E-state index is 0.163. The minimum atomic E-state index is 0.163. The van der Waals surface area contributed by atoms with Gasteiger partial charge in [-0.05, 0) is 6.42 Å². The average molecular weight is 143 g/mol. The molecule has 0 spiro atoms. The number of nitrogens with one attached hydrogen (secondary N) is 1. The van der Waals surface area contributed by atoms with Crippen molar-refractivity contribution in [3.8, 4) is 0 Å². The van der Waals surface area contributed by atoms with Gasteiger partial charge in [0, 0.05) is 13.6 Å². The monoisotopic (exact) mass is 143 g/mol. The second-order valence-electron chi connectivity index (χ2n) is 2.51. The van der Waals surface area contributed by atoms with Gasteiger partial charge in [-0.2, -0.15) is 0 Å². The highest BCUT2D eigenvalue weighted by molar-refractivity contribution is 5.74. The molecule has 0 aliphatic rings. The van der Waals surface area contributed by atoms with E-state index in [0.29, 0.717) is 0 Å². The molecule has 10 heavy (non-hydrogen) atoms. The summed E-state index contributed by atoms with van der Waals surface area (Å²) in [4.78, 5) is 1.76. The molecule has 0 amide bonds. The smallest absolute Gasteiger partial charge is 0.188 e. The Kier molecular flexibility index (Phi) is 4.72. The summed E-state index contributed by atoms with van der Waals surface area (Å²) in [5.74, 6) is 0.163. The largest absolute Gasteiger partial charge is 0.370 e. The molecule has 60 valence electrons. The molecule has 3 nitrogen and oxygen atoms in total. The zero-order valence-electron chi connectivity index (χ0n) is 6.85. The summed E-state index contributed by atoms with van der Waals surface area (Å²) in [6.45, 7) is 3.07. The van der Waals surface area contributed by atoms with Crippen LogP contribution in [-0.4, -0.2) is 24.5 Å². The fraction of sp³-hybridized carbons (Fsp3) is 0.857. The Morgan fingerprint density at radius 2 is 2.10 bits per heavy atom. The molecule has 0 fully saturated rings. The van der Waals surface area contributed by atoms with Crippen LogP contribution in [0.2, 0.25) is 0 Å². The Balaban J connectivity index is 3.21. The fourth-order valence-electron chi connectivity index (χ4n) is 0.719. The van der Waals surface area contributed by atoms with E-state index < -0.39 is 0 Å². The van der Waals surface area contributed by atoms with Gasteiger partial charge < -0.3 is 10.6 Å². The summed E-state index contributed by atoms with van der Waals surface area (Å²) in [5.41, 5.74) is 5.23. The van der Waals surface area contributed by atoms with Crippen LogP contribution in [0.1, 0.15) is 26.2 Å². The quantitative estimate of drug-likeness (QED) is 0.350. The van der Waals surface area contributed by atoms with Crippen molar-refractivity contribution in [2.24, 2.45) is 5.73 Å². The van der Waals surface area contributed by atoms with Crippen LogP contribution in [0, 0.1) is 5.41 Å². The van der Waals surface area contributed by atoms with Crippen molar-refractivity contribution in [2.75, 3.05) is 13.6 Å². The number of hydrogen-bond donors (Lipinski definition) is 2. The van der Waals surface area contributed by atoms with Crippen molar-refractivity contribution in [1.29, 1.82) is 5.41 Å². The van der Waals surface area contributed by atoms with Crippen LogP contribution in [0.3, 0.4) is 0 Å². The summed E-state index contributed by atoms with van der Waals surface area (Å²) in [7, 11) is 1.85. The van der Waals surface area contributed by atoms with E-state index in [1.54, 1.807) is 4.90 Å². The molecule has 0 aliphatic carbocycles. The molecule has 0 aromatic rings. The Labute approximate surface area is 62.7 Å². The van der Waals surface area contributed by atoms with Crippen LogP contribution < -0.4 is 5.73 Å². The normalized spacial score (nSPS) is 9.40. The Morgan fingerprint density at radius 3 is 2.50 bits per heavy atom. The average Bonchev–Trinajstić information content (AvgIpc) is 1.88. The lowest BCUT2D eigenvalue weighted by Gasteiger charge is -2.15. The highest BCUT2D eigenvalue weighted by atomic mass is 15.2. The lowest BCUT2D eigenvalue weighted by Crippen LogP contribution is -2.33. The summed E-state index contributed by atoms with van der Waals surface area (Å²) in [6, 6.07) is 0. The zero-order chi connectivity index (χ0) is 7.98. The van der Waals surface area contributed by atoms with Gasteiger partial charge in [-0.3, -0.25) is 5.41 Å². The number of hydrogen-bond acceptors (Lipinski definition) is 1. The van der Waals surface area contributed by atoms with Crippen molar-refractivity contribution in [2.45, 2.75) is 26.2 Å². The van der Waals surface area contributed by atoms with E-state index >= 15 is 0 Å². The molecule has 0 radical (unpaired) electrons. The molecular formula is C7H17N3. The van der Waals surface area contributed by atoms with Crippen molar-refractivity contribution >= 4 is 5.96 Å². The first-order valence-electron chi connectivity index (χ1n) is 3.73. The second-order valence-corrected chi connectivity index (χ2v) is 2.51. The predicted molar refractivity (Wildman–Crippen MR) is 44.1 cm³/mol. The zero-order valence-corrected chi connectivity index (χ0v) is 6.85. The summed E-state index contributed by atoms with van der Waals surface area (Å²) in [6.07, 6.45) is 3.57. The van der Waals surface area contributed by atoms with Crippen LogP contribution in [-0.2, 0) is 0 Å². The van der Waals surface area contributed by atoms with Crippen molar-refractivity contribution < 1.29 is 0 Å². The van der Waals surface area contributed by atoms with Crippen molar-refractivity contribution in [3.63, 3.8) is 0 Å². The number of nitrogens with zero attached hydrogens (tertiary/aromatic N) is 1. The first kappa shape index (κ1) is 9.27. The Morgan fingerprint density at radius 1 is 1.50 bits per heavy atom. The fourth-order valence-corrected chi connectivity index (χ4v) is 0.719. The minimum Gasteiger partial charge on any atom is -0.370 e. The lowest BCUT2D eigenvalue weighted by molar-refractivity contribution is 0.468. The van der Waals surface area contributed by atoms with Crippen LogP contribution in [0.25, 0.3) is 0 Å². The molecule has 0 saturated carbocycles. The molecule has 0 aromatic heterocycles. The van der Waals surface area contributed by atoms with Gasteiger partial charge in [0.15, 0.2) is 5.96 Å². The van der Waals surface area contributed by atoms with E-state index in [1.807, 2.05) is 7.05 Å². The second kappa shape index (κ2) is 5.09. The van der Waals surface area contributed by atoms with Gasteiger partial charge in [0.05, 0.1) is 0 Å². The SMILES string of the molecule is CCCCCN(C)C(=N)N. The summed E-state index contributed by atoms with van der Waals surface area (Å²) >= 11 is 0. The maximum Gasteiger partial charge on any atom is 0.188 e. The summed E-state index contributed by atoms with van der Waals surface area (Å²) in [5, 5.41) is 7.04. The van der Waals surface area contributed by atoms with Crippen LogP contribution in [0.15, 0.2) is 0 Å². The van der Waals surface area contributed by atoms with Gasteiger partial charge >= 0.3 is 0 Å². The molecule has 0 saturated heterocycles. The molecule has 0 bridgehead atoms. The van der Waals surface area contributed by atoms with Gasteiger partial charge in [0.25, 0.3) is 0 Å². The maximum atomic E-state index is 7.04. The Hall–Kier alpha value is -0.730. The highest BCUT2D eigenvalue weighted by Gasteiger charge is 1.96. The van der Waals surface area contributed by atoms with Gasteiger partial charge in [0.1, 0.15) is 0 Å². The molecule has 0 atom stereocenters. The first-order chi connectivity index (χ1) is 4.68. The van der Waals surface area contributed by atoms with Crippen molar-refractivity contribution in [3.05, 3.63) is 0 Å². The summed E-state index contributed by atoms with van der Waals surface area (Å²) < 4.78 is 0. The molecule has 0 unspecified atom stereocenters. The Bertz CT molecular complexity index is 101. The van der Waals surface area contributed by atoms with Crippen molar-refractivity contribution in [1.82, 2.24) is 4.90 Å².